The molecular formula is C16H18F3NO. The molecule has 0 aliphatic heterocycles. The first-order valence-corrected chi connectivity index (χ1v) is 7.37. The van der Waals surface area contributed by atoms with Gasteiger partial charge < -0.3 is 10.5 Å². The lowest BCUT2D eigenvalue weighted by atomic mass is 9.77. The lowest BCUT2D eigenvalue weighted by Crippen LogP contribution is -2.44. The molecule has 4 fully saturated rings. The summed E-state index contributed by atoms with van der Waals surface area (Å²) in [7, 11) is 0. The molecule has 114 valence electrons. The molecule has 2 nitrogen and oxygen atoms in total. The highest BCUT2D eigenvalue weighted by Crippen LogP contribution is 2.82. The molecule has 2 bridgehead atoms. The summed E-state index contributed by atoms with van der Waals surface area (Å²) in [4.78, 5) is 0. The molecule has 4 aliphatic carbocycles. The van der Waals surface area contributed by atoms with Crippen molar-refractivity contribution in [3.05, 3.63) is 35.4 Å². The predicted molar refractivity (Wildman–Crippen MR) is 71.3 cm³/mol. The van der Waals surface area contributed by atoms with E-state index in [1.807, 2.05) is 0 Å². The maximum absolute atomic E-state index is 12.6. The average molecular weight is 297 g/mol. The van der Waals surface area contributed by atoms with Gasteiger partial charge in [0, 0.05) is 5.54 Å². The van der Waals surface area contributed by atoms with Gasteiger partial charge in [0.25, 0.3) is 0 Å². The Kier molecular flexibility index (Phi) is 2.60. The summed E-state index contributed by atoms with van der Waals surface area (Å²) in [5, 5.41) is 0. The Morgan fingerprint density at radius 2 is 2.10 bits per heavy atom. The highest BCUT2D eigenvalue weighted by molar-refractivity contribution is 5.37. The smallest absolute Gasteiger partial charge is 0.376 e. The van der Waals surface area contributed by atoms with Gasteiger partial charge >= 0.3 is 6.18 Å². The molecule has 0 heterocycles. The van der Waals surface area contributed by atoms with E-state index in [2.05, 4.69) is 0 Å². The fourth-order valence-corrected chi connectivity index (χ4v) is 4.69. The lowest BCUT2D eigenvalue weighted by Gasteiger charge is -2.33. The summed E-state index contributed by atoms with van der Waals surface area (Å²) >= 11 is 0. The monoisotopic (exact) mass is 297 g/mol. The van der Waals surface area contributed by atoms with E-state index in [4.69, 9.17) is 10.5 Å². The summed E-state index contributed by atoms with van der Waals surface area (Å²) in [5.74, 6) is 1.06. The third-order valence-corrected chi connectivity index (χ3v) is 5.84. The summed E-state index contributed by atoms with van der Waals surface area (Å²) < 4.78 is 43.5. The first-order valence-electron chi connectivity index (χ1n) is 7.37. The fourth-order valence-electron chi connectivity index (χ4n) is 4.69. The van der Waals surface area contributed by atoms with Gasteiger partial charge in [-0.3, -0.25) is 0 Å². The van der Waals surface area contributed by atoms with Crippen LogP contribution < -0.4 is 5.73 Å². The molecule has 0 amide bonds. The van der Waals surface area contributed by atoms with Gasteiger partial charge in [0.2, 0.25) is 0 Å². The highest BCUT2D eigenvalue weighted by Gasteiger charge is 2.83. The van der Waals surface area contributed by atoms with Gasteiger partial charge in [-0.15, -0.1) is 0 Å². The molecule has 4 atom stereocenters. The molecule has 2 unspecified atom stereocenters. The minimum atomic E-state index is -4.30. The Balaban J connectivity index is 1.32. The Morgan fingerprint density at radius 1 is 1.29 bits per heavy atom. The largest absolute Gasteiger partial charge is 0.416 e. The number of nitrogens with two attached hydrogens (primary N) is 1. The first kappa shape index (κ1) is 13.6. The molecule has 0 saturated heterocycles. The third-order valence-electron chi connectivity index (χ3n) is 5.84. The van der Waals surface area contributed by atoms with Gasteiger partial charge in [0.15, 0.2) is 0 Å². The standard InChI is InChI=1S/C16H18F3NO/c17-16(18,19)12-3-1-2-10(4-12)7-21-8-11-5-14-6-13(11)15(14,20)9-14/h1-4,11,13H,5-9,20H2/t11-,13?,14?,15-/m1/s1. The van der Waals surface area contributed by atoms with E-state index in [1.165, 1.54) is 12.5 Å². The fraction of sp³-hybridized carbons (Fsp3) is 0.625. The summed E-state index contributed by atoms with van der Waals surface area (Å²) in [5.41, 5.74) is 6.73. The molecule has 1 aromatic rings. The van der Waals surface area contributed by atoms with E-state index in [0.717, 1.165) is 25.0 Å². The van der Waals surface area contributed by atoms with Crippen molar-refractivity contribution in [2.45, 2.75) is 37.6 Å². The van der Waals surface area contributed by atoms with Gasteiger partial charge in [-0.2, -0.15) is 13.2 Å². The second kappa shape index (κ2) is 4.02. The van der Waals surface area contributed by atoms with Crippen LogP contribution in [0.2, 0.25) is 0 Å². The molecule has 5 rings (SSSR count). The third kappa shape index (κ3) is 1.87. The van der Waals surface area contributed by atoms with Gasteiger partial charge in [0.1, 0.15) is 0 Å². The van der Waals surface area contributed by atoms with E-state index in [0.29, 0.717) is 29.4 Å². The molecule has 1 aromatic carbocycles. The Hall–Kier alpha value is -1.07. The zero-order valence-corrected chi connectivity index (χ0v) is 11.6. The molecule has 21 heavy (non-hydrogen) atoms. The van der Waals surface area contributed by atoms with Crippen molar-refractivity contribution in [1.82, 2.24) is 0 Å². The molecule has 1 spiro atoms. The second-order valence-corrected chi connectivity index (χ2v) is 6.99. The van der Waals surface area contributed by atoms with Crippen LogP contribution in [0.15, 0.2) is 24.3 Å². The van der Waals surface area contributed by atoms with Crippen molar-refractivity contribution in [1.29, 1.82) is 0 Å². The van der Waals surface area contributed by atoms with Crippen LogP contribution in [0.4, 0.5) is 13.2 Å². The van der Waals surface area contributed by atoms with Crippen LogP contribution in [0.3, 0.4) is 0 Å². The van der Waals surface area contributed by atoms with Crippen LogP contribution in [0.1, 0.15) is 30.4 Å². The number of halogens is 3. The van der Waals surface area contributed by atoms with E-state index < -0.39 is 11.7 Å². The summed E-state index contributed by atoms with van der Waals surface area (Å²) in [6.45, 7) is 0.847. The summed E-state index contributed by atoms with van der Waals surface area (Å²) in [6, 6.07) is 5.34. The minimum Gasteiger partial charge on any atom is -0.376 e. The Labute approximate surface area is 121 Å². The van der Waals surface area contributed by atoms with Gasteiger partial charge in [0.05, 0.1) is 18.8 Å². The quantitative estimate of drug-likeness (QED) is 0.925. The van der Waals surface area contributed by atoms with E-state index in [-0.39, 0.29) is 12.1 Å². The highest BCUT2D eigenvalue weighted by atomic mass is 19.4. The van der Waals surface area contributed by atoms with Crippen LogP contribution in [0.5, 0.6) is 0 Å². The van der Waals surface area contributed by atoms with Crippen molar-refractivity contribution in [2.75, 3.05) is 6.61 Å². The van der Waals surface area contributed by atoms with Crippen LogP contribution in [0.25, 0.3) is 0 Å². The summed E-state index contributed by atoms with van der Waals surface area (Å²) in [6.07, 6.45) is -0.776. The van der Waals surface area contributed by atoms with Crippen LogP contribution in [-0.2, 0) is 17.5 Å². The second-order valence-electron chi connectivity index (χ2n) is 6.99. The number of benzene rings is 1. The Morgan fingerprint density at radius 3 is 2.71 bits per heavy atom. The molecule has 0 radical (unpaired) electrons. The average Bonchev–Trinajstić information content (AvgIpc) is 2.74. The number of hydrogen-bond acceptors (Lipinski definition) is 2. The van der Waals surface area contributed by atoms with E-state index in [1.54, 1.807) is 6.07 Å². The minimum absolute atomic E-state index is 0.0806. The van der Waals surface area contributed by atoms with E-state index in [9.17, 15) is 13.2 Å². The van der Waals surface area contributed by atoms with Crippen molar-refractivity contribution >= 4 is 0 Å². The number of fused-ring (bicyclic) bond motifs is 1. The lowest BCUT2D eigenvalue weighted by molar-refractivity contribution is -0.137. The zero-order chi connectivity index (χ0) is 14.9. The maximum Gasteiger partial charge on any atom is 0.416 e. The Bertz CT molecular complexity index is 585. The molecular weight excluding hydrogens is 279 g/mol. The molecule has 0 aromatic heterocycles. The zero-order valence-electron chi connectivity index (χ0n) is 11.6. The normalized spacial score (nSPS) is 39.8. The first-order chi connectivity index (χ1) is 9.84. The number of hydrogen-bond donors (Lipinski definition) is 1. The molecule has 2 N–H and O–H groups in total. The van der Waals surface area contributed by atoms with Gasteiger partial charge in [-0.05, 0) is 54.2 Å². The molecule has 4 saturated carbocycles. The SMILES string of the molecule is N[C@@]12CC13CC2[C@@H](COCc1cccc(C(F)(F)F)c1)C3. The topological polar surface area (TPSA) is 35.2 Å². The number of rotatable bonds is 4. The van der Waals surface area contributed by atoms with Crippen LogP contribution in [0, 0.1) is 17.3 Å². The van der Waals surface area contributed by atoms with Crippen molar-refractivity contribution in [3.8, 4) is 0 Å². The van der Waals surface area contributed by atoms with Crippen molar-refractivity contribution < 1.29 is 17.9 Å². The molecule has 5 heteroatoms. The van der Waals surface area contributed by atoms with Crippen LogP contribution in [-0.4, -0.2) is 12.1 Å². The molecule has 4 aliphatic rings. The number of ether oxygens (including phenoxy) is 1. The van der Waals surface area contributed by atoms with Gasteiger partial charge in [-0.1, -0.05) is 12.1 Å². The number of alkyl halides is 3. The predicted octanol–water partition coefficient (Wildman–Crippen LogP) is 3.35. The van der Waals surface area contributed by atoms with Gasteiger partial charge in [-0.25, -0.2) is 0 Å². The van der Waals surface area contributed by atoms with Crippen LogP contribution >= 0.6 is 0 Å². The maximum atomic E-state index is 12.6. The van der Waals surface area contributed by atoms with E-state index >= 15 is 0 Å². The van der Waals surface area contributed by atoms with Crippen molar-refractivity contribution in [3.63, 3.8) is 0 Å². The van der Waals surface area contributed by atoms with Crippen molar-refractivity contribution in [2.24, 2.45) is 23.0 Å².